The number of hydrogen-bond acceptors (Lipinski definition) is 1. The first kappa shape index (κ1) is 13.3. The van der Waals surface area contributed by atoms with Crippen LogP contribution in [-0.2, 0) is 6.61 Å². The van der Waals surface area contributed by atoms with Gasteiger partial charge in [-0.2, -0.15) is 0 Å². The third-order valence-corrected chi connectivity index (χ3v) is 2.98. The van der Waals surface area contributed by atoms with Crippen LogP contribution in [0.5, 0.6) is 5.75 Å². The standard InChI is InChI=1S/C13H8BrClF2O/c14-9-3-8(4-10(16)5-9)7-18-11-1-2-12(15)13(17)6-11/h1-6H,7H2. The van der Waals surface area contributed by atoms with Crippen LogP contribution in [0.1, 0.15) is 5.56 Å². The van der Waals surface area contributed by atoms with Crippen molar-refractivity contribution in [1.29, 1.82) is 0 Å². The highest BCUT2D eigenvalue weighted by molar-refractivity contribution is 9.10. The van der Waals surface area contributed by atoms with Crippen LogP contribution < -0.4 is 4.74 Å². The molecule has 5 heteroatoms. The number of halogens is 4. The number of benzene rings is 2. The van der Waals surface area contributed by atoms with Gasteiger partial charge in [-0.05, 0) is 35.9 Å². The van der Waals surface area contributed by atoms with E-state index < -0.39 is 5.82 Å². The van der Waals surface area contributed by atoms with Gasteiger partial charge >= 0.3 is 0 Å². The van der Waals surface area contributed by atoms with Crippen LogP contribution >= 0.6 is 27.5 Å². The molecular formula is C13H8BrClF2O. The van der Waals surface area contributed by atoms with Crippen molar-refractivity contribution in [2.75, 3.05) is 0 Å². The lowest BCUT2D eigenvalue weighted by Gasteiger charge is -2.07. The van der Waals surface area contributed by atoms with Crippen LogP contribution in [0.4, 0.5) is 8.78 Å². The SMILES string of the molecule is Fc1cc(Br)cc(COc2ccc(Cl)c(F)c2)c1. The molecule has 2 rings (SSSR count). The highest BCUT2D eigenvalue weighted by atomic mass is 79.9. The van der Waals surface area contributed by atoms with E-state index in [1.54, 1.807) is 12.1 Å². The van der Waals surface area contributed by atoms with E-state index in [0.717, 1.165) is 0 Å². The van der Waals surface area contributed by atoms with E-state index >= 15 is 0 Å². The average Bonchev–Trinajstić information content (AvgIpc) is 2.29. The second kappa shape index (κ2) is 5.67. The number of rotatable bonds is 3. The molecule has 94 valence electrons. The van der Waals surface area contributed by atoms with Gasteiger partial charge < -0.3 is 4.74 Å². The fraction of sp³-hybridized carbons (Fsp3) is 0.0769. The third kappa shape index (κ3) is 3.43. The van der Waals surface area contributed by atoms with Gasteiger partial charge in [0.1, 0.15) is 24.0 Å². The first-order valence-corrected chi connectivity index (χ1v) is 6.24. The first-order valence-electron chi connectivity index (χ1n) is 5.07. The minimum Gasteiger partial charge on any atom is -0.489 e. The molecule has 0 aliphatic carbocycles. The van der Waals surface area contributed by atoms with Crippen molar-refractivity contribution in [1.82, 2.24) is 0 Å². The molecular weight excluding hydrogens is 325 g/mol. The topological polar surface area (TPSA) is 9.23 Å². The fourth-order valence-electron chi connectivity index (χ4n) is 1.43. The lowest BCUT2D eigenvalue weighted by Crippen LogP contribution is -1.96. The van der Waals surface area contributed by atoms with Gasteiger partial charge in [-0.3, -0.25) is 0 Å². The summed E-state index contributed by atoms with van der Waals surface area (Å²) in [6, 6.07) is 8.60. The molecule has 1 nitrogen and oxygen atoms in total. The van der Waals surface area contributed by atoms with Gasteiger partial charge in [0.2, 0.25) is 0 Å². The predicted octanol–water partition coefficient (Wildman–Crippen LogP) is 4.96. The van der Waals surface area contributed by atoms with Crippen molar-refractivity contribution < 1.29 is 13.5 Å². The quantitative estimate of drug-likeness (QED) is 0.771. The number of hydrogen-bond donors (Lipinski definition) is 0. The summed E-state index contributed by atoms with van der Waals surface area (Å²) in [5, 5.41) is 0.0378. The highest BCUT2D eigenvalue weighted by Crippen LogP contribution is 2.22. The molecule has 0 heterocycles. The third-order valence-electron chi connectivity index (χ3n) is 2.22. The first-order chi connectivity index (χ1) is 8.54. The second-order valence-electron chi connectivity index (χ2n) is 3.64. The molecule has 18 heavy (non-hydrogen) atoms. The number of ether oxygens (including phenoxy) is 1. The molecule has 0 spiro atoms. The summed E-state index contributed by atoms with van der Waals surface area (Å²) in [6.45, 7) is 0.150. The van der Waals surface area contributed by atoms with Gasteiger partial charge in [-0.15, -0.1) is 0 Å². The molecule has 2 aromatic rings. The zero-order valence-electron chi connectivity index (χ0n) is 9.09. The Morgan fingerprint density at radius 1 is 1.11 bits per heavy atom. The van der Waals surface area contributed by atoms with Crippen molar-refractivity contribution in [3.8, 4) is 5.75 Å². The van der Waals surface area contributed by atoms with Gasteiger partial charge in [0.15, 0.2) is 0 Å². The molecule has 0 aliphatic rings. The molecule has 0 radical (unpaired) electrons. The Balaban J connectivity index is 2.08. The summed E-state index contributed by atoms with van der Waals surface area (Å²) in [4.78, 5) is 0. The van der Waals surface area contributed by atoms with Crippen LogP contribution in [0.15, 0.2) is 40.9 Å². The lowest BCUT2D eigenvalue weighted by molar-refractivity contribution is 0.304. The Morgan fingerprint density at radius 2 is 1.89 bits per heavy atom. The Kier molecular flexibility index (Phi) is 4.19. The van der Waals surface area contributed by atoms with E-state index in [1.165, 1.54) is 24.3 Å². The summed E-state index contributed by atoms with van der Waals surface area (Å²) >= 11 is 8.74. The summed E-state index contributed by atoms with van der Waals surface area (Å²) < 4.78 is 32.2. The zero-order chi connectivity index (χ0) is 13.1. The van der Waals surface area contributed by atoms with Gasteiger partial charge in [0.05, 0.1) is 5.02 Å². The van der Waals surface area contributed by atoms with Gasteiger partial charge in [0, 0.05) is 10.5 Å². The summed E-state index contributed by atoms with van der Waals surface area (Å²) in [5.41, 5.74) is 0.650. The van der Waals surface area contributed by atoms with E-state index in [2.05, 4.69) is 15.9 Å². The second-order valence-corrected chi connectivity index (χ2v) is 4.97. The molecule has 0 amide bonds. The van der Waals surface area contributed by atoms with E-state index in [9.17, 15) is 8.78 Å². The van der Waals surface area contributed by atoms with Crippen LogP contribution in [0.25, 0.3) is 0 Å². The monoisotopic (exact) mass is 332 g/mol. The van der Waals surface area contributed by atoms with Crippen LogP contribution in [0.3, 0.4) is 0 Å². The van der Waals surface area contributed by atoms with E-state index in [4.69, 9.17) is 16.3 Å². The maximum absolute atomic E-state index is 13.2. The molecule has 0 unspecified atom stereocenters. The Labute approximate surface area is 116 Å². The summed E-state index contributed by atoms with van der Waals surface area (Å²) in [7, 11) is 0. The Bertz CT molecular complexity index is 555. The molecule has 0 atom stereocenters. The van der Waals surface area contributed by atoms with E-state index in [0.29, 0.717) is 15.8 Å². The highest BCUT2D eigenvalue weighted by Gasteiger charge is 2.03. The smallest absolute Gasteiger partial charge is 0.145 e. The zero-order valence-corrected chi connectivity index (χ0v) is 11.4. The maximum atomic E-state index is 13.2. The molecule has 0 bridgehead atoms. The summed E-state index contributed by atoms with van der Waals surface area (Å²) in [5.74, 6) is -0.558. The minimum absolute atomic E-state index is 0.0378. The van der Waals surface area contributed by atoms with Crippen LogP contribution in [-0.4, -0.2) is 0 Å². The Hall–Kier alpha value is -1.13. The molecule has 0 fully saturated rings. The molecule has 0 aromatic heterocycles. The maximum Gasteiger partial charge on any atom is 0.145 e. The van der Waals surface area contributed by atoms with Crippen molar-refractivity contribution in [2.24, 2.45) is 0 Å². The van der Waals surface area contributed by atoms with Gasteiger partial charge in [0.25, 0.3) is 0 Å². The lowest BCUT2D eigenvalue weighted by atomic mass is 10.2. The molecule has 0 saturated heterocycles. The molecule has 0 aliphatic heterocycles. The minimum atomic E-state index is -0.547. The average molecular weight is 334 g/mol. The predicted molar refractivity (Wildman–Crippen MR) is 69.8 cm³/mol. The van der Waals surface area contributed by atoms with Crippen LogP contribution in [0, 0.1) is 11.6 Å². The van der Waals surface area contributed by atoms with Crippen molar-refractivity contribution in [2.45, 2.75) is 6.61 Å². The van der Waals surface area contributed by atoms with Gasteiger partial charge in [-0.25, -0.2) is 8.78 Å². The summed E-state index contributed by atoms with van der Waals surface area (Å²) in [6.07, 6.45) is 0. The normalized spacial score (nSPS) is 10.4. The van der Waals surface area contributed by atoms with Crippen LogP contribution in [0.2, 0.25) is 5.02 Å². The fourth-order valence-corrected chi connectivity index (χ4v) is 2.06. The Morgan fingerprint density at radius 3 is 2.56 bits per heavy atom. The van der Waals surface area contributed by atoms with E-state index in [1.807, 2.05) is 0 Å². The molecule has 0 saturated carbocycles. The van der Waals surface area contributed by atoms with E-state index in [-0.39, 0.29) is 17.4 Å². The largest absolute Gasteiger partial charge is 0.489 e. The molecule has 2 aromatic carbocycles. The van der Waals surface area contributed by atoms with Crippen molar-refractivity contribution in [3.05, 3.63) is 63.1 Å². The molecule has 0 N–H and O–H groups in total. The van der Waals surface area contributed by atoms with Crippen molar-refractivity contribution in [3.63, 3.8) is 0 Å². The van der Waals surface area contributed by atoms with Crippen molar-refractivity contribution >= 4 is 27.5 Å². The van der Waals surface area contributed by atoms with Gasteiger partial charge in [-0.1, -0.05) is 27.5 Å².